The minimum atomic E-state index is -0.808. The lowest BCUT2D eigenvalue weighted by Crippen LogP contribution is -2.38. The molecule has 0 saturated carbocycles. The maximum Gasteiger partial charge on any atom is 0.156 e. The van der Waals surface area contributed by atoms with E-state index in [4.69, 9.17) is 4.74 Å². The molecular formula is C8H16FNO. The van der Waals surface area contributed by atoms with Crippen molar-refractivity contribution in [2.45, 2.75) is 32.6 Å². The Morgan fingerprint density at radius 1 is 1.45 bits per heavy atom. The van der Waals surface area contributed by atoms with Gasteiger partial charge in [0.05, 0.1) is 13.2 Å². The first-order valence-electron chi connectivity index (χ1n) is 4.19. The van der Waals surface area contributed by atoms with E-state index in [1.54, 1.807) is 0 Å². The summed E-state index contributed by atoms with van der Waals surface area (Å²) >= 11 is 0. The average molecular weight is 161 g/mol. The predicted octanol–water partition coefficient (Wildman–Crippen LogP) is 1.41. The fourth-order valence-electron chi connectivity index (χ4n) is 1.34. The van der Waals surface area contributed by atoms with Crippen molar-refractivity contribution < 1.29 is 9.13 Å². The second-order valence-electron chi connectivity index (χ2n) is 3.17. The van der Waals surface area contributed by atoms with Crippen LogP contribution in [0.1, 0.15) is 20.3 Å². The van der Waals surface area contributed by atoms with Crippen molar-refractivity contribution in [3.8, 4) is 0 Å². The highest BCUT2D eigenvalue weighted by atomic mass is 19.1. The molecule has 1 heterocycles. The minimum Gasteiger partial charge on any atom is -0.380 e. The summed E-state index contributed by atoms with van der Waals surface area (Å²) in [5.74, 6) is 0. The quantitative estimate of drug-likeness (QED) is 0.539. The Bertz CT molecular complexity index is 119. The largest absolute Gasteiger partial charge is 0.380 e. The second-order valence-corrected chi connectivity index (χ2v) is 3.17. The van der Waals surface area contributed by atoms with Crippen LogP contribution in [0.25, 0.3) is 0 Å². The Balaban J connectivity index is 2.45. The molecule has 0 amide bonds. The summed E-state index contributed by atoms with van der Waals surface area (Å²) in [5.41, 5.74) is 0. The molecule has 1 rings (SSSR count). The highest BCUT2D eigenvalue weighted by Gasteiger charge is 2.22. The van der Waals surface area contributed by atoms with Crippen molar-refractivity contribution in [1.29, 1.82) is 0 Å². The summed E-state index contributed by atoms with van der Waals surface area (Å²) < 4.78 is 18.4. The van der Waals surface area contributed by atoms with Crippen LogP contribution in [0.3, 0.4) is 0 Å². The summed E-state index contributed by atoms with van der Waals surface area (Å²) in [7, 11) is 0. The maximum atomic E-state index is 13.2. The molecule has 11 heavy (non-hydrogen) atoms. The van der Waals surface area contributed by atoms with Gasteiger partial charge in [-0.25, -0.2) is 4.39 Å². The van der Waals surface area contributed by atoms with Crippen molar-refractivity contribution in [2.75, 3.05) is 19.8 Å². The van der Waals surface area contributed by atoms with Crippen molar-refractivity contribution in [2.24, 2.45) is 0 Å². The van der Waals surface area contributed by atoms with Gasteiger partial charge in [0.2, 0.25) is 0 Å². The molecule has 1 atom stereocenters. The first-order valence-corrected chi connectivity index (χ1v) is 4.19. The third-order valence-electron chi connectivity index (χ3n) is 2.02. The molecule has 1 saturated heterocycles. The number of nitrogens with zero attached hydrogens (tertiary/aromatic N) is 1. The molecular weight excluding hydrogens is 145 g/mol. The SMILES string of the molecule is CC(C)N1CCOCCC1F. The molecule has 0 aliphatic carbocycles. The molecule has 0 bridgehead atoms. The zero-order chi connectivity index (χ0) is 8.27. The first kappa shape index (κ1) is 8.94. The van der Waals surface area contributed by atoms with Gasteiger partial charge in [0.25, 0.3) is 0 Å². The van der Waals surface area contributed by atoms with E-state index in [-0.39, 0.29) is 6.04 Å². The van der Waals surface area contributed by atoms with Crippen molar-refractivity contribution in [3.63, 3.8) is 0 Å². The topological polar surface area (TPSA) is 12.5 Å². The number of rotatable bonds is 1. The molecule has 3 heteroatoms. The average Bonchev–Trinajstić information content (AvgIpc) is 2.13. The maximum absolute atomic E-state index is 13.2. The normalized spacial score (nSPS) is 28.9. The van der Waals surface area contributed by atoms with Gasteiger partial charge in [-0.3, -0.25) is 4.90 Å². The third-order valence-corrected chi connectivity index (χ3v) is 2.02. The van der Waals surface area contributed by atoms with E-state index in [1.165, 1.54) is 0 Å². The monoisotopic (exact) mass is 161 g/mol. The number of hydrogen-bond acceptors (Lipinski definition) is 2. The minimum absolute atomic E-state index is 0.284. The summed E-state index contributed by atoms with van der Waals surface area (Å²) in [5, 5.41) is 0. The molecule has 66 valence electrons. The van der Waals surface area contributed by atoms with Crippen LogP contribution in [-0.2, 0) is 4.74 Å². The Hall–Kier alpha value is -0.150. The van der Waals surface area contributed by atoms with Crippen LogP contribution >= 0.6 is 0 Å². The van der Waals surface area contributed by atoms with Crippen LogP contribution in [0.15, 0.2) is 0 Å². The Morgan fingerprint density at radius 2 is 2.18 bits per heavy atom. The predicted molar refractivity (Wildman–Crippen MR) is 42.2 cm³/mol. The first-order chi connectivity index (χ1) is 5.22. The molecule has 2 nitrogen and oxygen atoms in total. The van der Waals surface area contributed by atoms with Gasteiger partial charge in [-0.2, -0.15) is 0 Å². The molecule has 1 fully saturated rings. The number of alkyl halides is 1. The molecule has 0 radical (unpaired) electrons. The molecule has 0 spiro atoms. The van der Waals surface area contributed by atoms with Crippen molar-refractivity contribution >= 4 is 0 Å². The Kier molecular flexibility index (Phi) is 3.27. The number of ether oxygens (including phenoxy) is 1. The van der Waals surface area contributed by atoms with Crippen LogP contribution in [0, 0.1) is 0 Å². The summed E-state index contributed by atoms with van der Waals surface area (Å²) in [4.78, 5) is 1.84. The Morgan fingerprint density at radius 3 is 2.82 bits per heavy atom. The molecule has 1 unspecified atom stereocenters. The van der Waals surface area contributed by atoms with E-state index in [9.17, 15) is 4.39 Å². The van der Waals surface area contributed by atoms with Crippen molar-refractivity contribution in [3.05, 3.63) is 0 Å². The lowest BCUT2D eigenvalue weighted by molar-refractivity contribution is 0.0601. The third kappa shape index (κ3) is 2.42. The zero-order valence-corrected chi connectivity index (χ0v) is 7.22. The second kappa shape index (κ2) is 4.02. The van der Waals surface area contributed by atoms with Gasteiger partial charge in [0, 0.05) is 19.0 Å². The standard InChI is InChI=1S/C8H16FNO/c1-7(2)10-4-6-11-5-3-8(10)9/h7-8H,3-6H2,1-2H3. The van der Waals surface area contributed by atoms with Crippen LogP contribution in [-0.4, -0.2) is 37.0 Å². The zero-order valence-electron chi connectivity index (χ0n) is 7.22. The Labute approximate surface area is 67.3 Å². The van der Waals surface area contributed by atoms with E-state index in [1.807, 2.05) is 18.7 Å². The molecule has 0 aromatic carbocycles. The lowest BCUT2D eigenvalue weighted by Gasteiger charge is -2.26. The molecule has 0 N–H and O–H groups in total. The van der Waals surface area contributed by atoms with Gasteiger partial charge < -0.3 is 4.74 Å². The van der Waals surface area contributed by atoms with Gasteiger partial charge in [-0.1, -0.05) is 0 Å². The van der Waals surface area contributed by atoms with E-state index in [2.05, 4.69) is 0 Å². The molecule has 1 aliphatic rings. The van der Waals surface area contributed by atoms with E-state index in [0.29, 0.717) is 19.6 Å². The highest BCUT2D eigenvalue weighted by Crippen LogP contribution is 2.13. The summed E-state index contributed by atoms with van der Waals surface area (Å²) in [6, 6.07) is 0.284. The van der Waals surface area contributed by atoms with Gasteiger partial charge in [-0.15, -0.1) is 0 Å². The van der Waals surface area contributed by atoms with Crippen molar-refractivity contribution in [1.82, 2.24) is 4.90 Å². The van der Waals surface area contributed by atoms with Crippen LogP contribution < -0.4 is 0 Å². The van der Waals surface area contributed by atoms with Gasteiger partial charge in [0.15, 0.2) is 6.30 Å². The fourth-order valence-corrected chi connectivity index (χ4v) is 1.34. The number of hydrogen-bond donors (Lipinski definition) is 0. The van der Waals surface area contributed by atoms with E-state index in [0.717, 1.165) is 6.54 Å². The molecule has 0 aromatic rings. The van der Waals surface area contributed by atoms with E-state index >= 15 is 0 Å². The van der Waals surface area contributed by atoms with Gasteiger partial charge >= 0.3 is 0 Å². The van der Waals surface area contributed by atoms with Gasteiger partial charge in [0.1, 0.15) is 0 Å². The summed E-state index contributed by atoms with van der Waals surface area (Å²) in [6.45, 7) is 5.97. The van der Waals surface area contributed by atoms with Gasteiger partial charge in [-0.05, 0) is 13.8 Å². The fraction of sp³-hybridized carbons (Fsp3) is 1.00. The lowest BCUT2D eigenvalue weighted by atomic mass is 10.3. The smallest absolute Gasteiger partial charge is 0.156 e. The molecule has 0 aromatic heterocycles. The summed E-state index contributed by atoms with van der Waals surface area (Å²) in [6.07, 6.45) is -0.296. The van der Waals surface area contributed by atoms with Crippen LogP contribution in [0.5, 0.6) is 0 Å². The van der Waals surface area contributed by atoms with Crippen LogP contribution in [0.2, 0.25) is 0 Å². The molecule has 1 aliphatic heterocycles. The number of halogens is 1. The highest BCUT2D eigenvalue weighted by molar-refractivity contribution is 4.68. The van der Waals surface area contributed by atoms with E-state index < -0.39 is 6.30 Å². The van der Waals surface area contributed by atoms with Crippen LogP contribution in [0.4, 0.5) is 4.39 Å².